The quantitative estimate of drug-likeness (QED) is 0.785. The highest BCUT2D eigenvalue weighted by Gasteiger charge is 2.09. The van der Waals surface area contributed by atoms with Crippen LogP contribution in [0.3, 0.4) is 0 Å². The molecular formula is C19H26N2O2. The Morgan fingerprint density at radius 1 is 1.13 bits per heavy atom. The molecule has 0 unspecified atom stereocenters. The normalized spacial score (nSPS) is 12.3. The smallest absolute Gasteiger partial charge is 0.233 e. The summed E-state index contributed by atoms with van der Waals surface area (Å²) in [4.78, 5) is 11.8. The van der Waals surface area contributed by atoms with Crippen LogP contribution in [-0.4, -0.2) is 19.0 Å². The molecule has 2 aromatic rings. The van der Waals surface area contributed by atoms with E-state index in [1.807, 2.05) is 19.1 Å². The summed E-state index contributed by atoms with van der Waals surface area (Å²) < 4.78 is 5.30. The van der Waals surface area contributed by atoms with Crippen LogP contribution in [0.1, 0.15) is 49.6 Å². The third kappa shape index (κ3) is 5.57. The fourth-order valence-electron chi connectivity index (χ4n) is 2.36. The Balaban J connectivity index is 1.66. The Kier molecular flexibility index (Phi) is 6.41. The van der Waals surface area contributed by atoms with Gasteiger partial charge in [0.15, 0.2) is 0 Å². The predicted octanol–water partition coefficient (Wildman–Crippen LogP) is 3.41. The molecule has 1 aromatic heterocycles. The lowest BCUT2D eigenvalue weighted by Crippen LogP contribution is -2.35. The second-order valence-corrected chi connectivity index (χ2v) is 6.11. The second kappa shape index (κ2) is 8.53. The van der Waals surface area contributed by atoms with Crippen LogP contribution in [0.5, 0.6) is 0 Å². The van der Waals surface area contributed by atoms with Gasteiger partial charge in [-0.1, -0.05) is 38.1 Å². The third-order valence-corrected chi connectivity index (χ3v) is 3.92. The van der Waals surface area contributed by atoms with Crippen molar-refractivity contribution < 1.29 is 9.21 Å². The Morgan fingerprint density at radius 3 is 2.48 bits per heavy atom. The molecule has 0 radical (unpaired) electrons. The Bertz CT molecular complexity index is 588. The molecule has 2 rings (SSSR count). The summed E-state index contributed by atoms with van der Waals surface area (Å²) >= 11 is 0. The van der Waals surface area contributed by atoms with Crippen molar-refractivity contribution in [3.63, 3.8) is 0 Å². The maximum atomic E-state index is 11.8. The molecule has 1 aromatic carbocycles. The predicted molar refractivity (Wildman–Crippen MR) is 92.4 cm³/mol. The average Bonchev–Trinajstić information content (AvgIpc) is 3.07. The average molecular weight is 314 g/mol. The fourth-order valence-corrected chi connectivity index (χ4v) is 2.36. The maximum Gasteiger partial charge on any atom is 0.233 e. The van der Waals surface area contributed by atoms with Crippen molar-refractivity contribution in [1.29, 1.82) is 0 Å². The summed E-state index contributed by atoms with van der Waals surface area (Å²) in [7, 11) is 0. The second-order valence-electron chi connectivity index (χ2n) is 6.11. The van der Waals surface area contributed by atoms with E-state index in [2.05, 4.69) is 48.7 Å². The number of benzene rings is 1. The van der Waals surface area contributed by atoms with Crippen molar-refractivity contribution in [3.8, 4) is 0 Å². The molecule has 1 heterocycles. The van der Waals surface area contributed by atoms with Crippen LogP contribution < -0.4 is 10.6 Å². The molecule has 0 saturated heterocycles. The Hall–Kier alpha value is -2.07. The van der Waals surface area contributed by atoms with Gasteiger partial charge in [0.05, 0.1) is 18.8 Å². The first-order valence-corrected chi connectivity index (χ1v) is 8.18. The number of carbonyl (C=O) groups excluding carboxylic acids is 1. The zero-order valence-corrected chi connectivity index (χ0v) is 14.1. The van der Waals surface area contributed by atoms with Gasteiger partial charge in [0, 0.05) is 6.54 Å². The first-order chi connectivity index (χ1) is 11.1. The first kappa shape index (κ1) is 17.3. The summed E-state index contributed by atoms with van der Waals surface area (Å²) in [5.74, 6) is 1.39. The van der Waals surface area contributed by atoms with Crippen molar-refractivity contribution >= 4 is 5.91 Å². The van der Waals surface area contributed by atoms with E-state index < -0.39 is 0 Å². The van der Waals surface area contributed by atoms with E-state index in [-0.39, 0.29) is 18.5 Å². The van der Waals surface area contributed by atoms with Gasteiger partial charge in [0.1, 0.15) is 5.76 Å². The summed E-state index contributed by atoms with van der Waals surface area (Å²) in [5.41, 5.74) is 2.58. The molecule has 0 bridgehead atoms. The lowest BCUT2D eigenvalue weighted by Gasteiger charge is -2.11. The van der Waals surface area contributed by atoms with E-state index in [0.717, 1.165) is 12.2 Å². The van der Waals surface area contributed by atoms with Gasteiger partial charge in [-0.25, -0.2) is 0 Å². The number of hydrogen-bond acceptors (Lipinski definition) is 3. The number of nitrogens with one attached hydrogen (secondary N) is 2. The van der Waals surface area contributed by atoms with Gasteiger partial charge in [0.2, 0.25) is 5.91 Å². The number of furan rings is 1. The minimum Gasteiger partial charge on any atom is -0.468 e. The summed E-state index contributed by atoms with van der Waals surface area (Å²) in [5, 5.41) is 6.08. The molecule has 0 aliphatic carbocycles. The Labute approximate surface area is 138 Å². The maximum absolute atomic E-state index is 11.8. The van der Waals surface area contributed by atoms with E-state index in [1.54, 1.807) is 6.26 Å². The van der Waals surface area contributed by atoms with E-state index in [0.29, 0.717) is 12.5 Å². The lowest BCUT2D eigenvalue weighted by molar-refractivity contribution is -0.120. The van der Waals surface area contributed by atoms with Crippen molar-refractivity contribution in [2.45, 2.75) is 39.2 Å². The number of amides is 1. The van der Waals surface area contributed by atoms with Gasteiger partial charge in [-0.3, -0.25) is 10.1 Å². The fraction of sp³-hybridized carbons (Fsp3) is 0.421. The highest BCUT2D eigenvalue weighted by Crippen LogP contribution is 2.14. The number of carbonyl (C=O) groups is 1. The van der Waals surface area contributed by atoms with Crippen LogP contribution in [0.4, 0.5) is 0 Å². The van der Waals surface area contributed by atoms with Crippen LogP contribution in [-0.2, 0) is 11.2 Å². The van der Waals surface area contributed by atoms with E-state index >= 15 is 0 Å². The molecule has 124 valence electrons. The van der Waals surface area contributed by atoms with Crippen LogP contribution in [0.25, 0.3) is 0 Å². The molecule has 23 heavy (non-hydrogen) atoms. The lowest BCUT2D eigenvalue weighted by atomic mass is 10.0. The summed E-state index contributed by atoms with van der Waals surface area (Å²) in [6, 6.07) is 12.4. The minimum atomic E-state index is 0.00204. The highest BCUT2D eigenvalue weighted by molar-refractivity contribution is 5.78. The van der Waals surface area contributed by atoms with Crippen LogP contribution >= 0.6 is 0 Å². The zero-order valence-electron chi connectivity index (χ0n) is 14.1. The molecule has 0 aliphatic heterocycles. The van der Waals surface area contributed by atoms with Crippen LogP contribution in [0.2, 0.25) is 0 Å². The minimum absolute atomic E-state index is 0.00204. The van der Waals surface area contributed by atoms with Gasteiger partial charge < -0.3 is 9.73 Å². The molecule has 0 aliphatic rings. The van der Waals surface area contributed by atoms with Crippen molar-refractivity contribution in [2.75, 3.05) is 13.1 Å². The number of hydrogen-bond donors (Lipinski definition) is 2. The van der Waals surface area contributed by atoms with Gasteiger partial charge in [-0.2, -0.15) is 0 Å². The third-order valence-electron chi connectivity index (χ3n) is 3.92. The topological polar surface area (TPSA) is 54.3 Å². The van der Waals surface area contributed by atoms with Gasteiger partial charge >= 0.3 is 0 Å². The van der Waals surface area contributed by atoms with Gasteiger partial charge in [-0.15, -0.1) is 0 Å². The SMILES string of the molecule is CC(C)c1ccc(CCNC(=O)CN[C@@H](C)c2ccco2)cc1. The van der Waals surface area contributed by atoms with Gasteiger partial charge in [0.25, 0.3) is 0 Å². The van der Waals surface area contributed by atoms with Crippen molar-refractivity contribution in [1.82, 2.24) is 10.6 Å². The molecule has 1 amide bonds. The molecule has 0 spiro atoms. The van der Waals surface area contributed by atoms with Crippen molar-refractivity contribution in [2.24, 2.45) is 0 Å². The first-order valence-electron chi connectivity index (χ1n) is 8.18. The number of rotatable bonds is 8. The Morgan fingerprint density at radius 2 is 1.87 bits per heavy atom. The zero-order chi connectivity index (χ0) is 16.7. The molecule has 0 fully saturated rings. The van der Waals surface area contributed by atoms with Crippen LogP contribution in [0, 0.1) is 0 Å². The van der Waals surface area contributed by atoms with E-state index in [1.165, 1.54) is 11.1 Å². The molecule has 0 saturated carbocycles. The largest absolute Gasteiger partial charge is 0.468 e. The van der Waals surface area contributed by atoms with E-state index in [9.17, 15) is 4.79 Å². The summed E-state index contributed by atoms with van der Waals surface area (Å²) in [6.45, 7) is 7.28. The molecule has 4 heteroatoms. The monoisotopic (exact) mass is 314 g/mol. The van der Waals surface area contributed by atoms with Crippen LogP contribution in [0.15, 0.2) is 47.1 Å². The van der Waals surface area contributed by atoms with Crippen molar-refractivity contribution in [3.05, 3.63) is 59.5 Å². The standard InChI is InChI=1S/C19H26N2O2/c1-14(2)17-8-6-16(7-9-17)10-11-20-19(22)13-21-15(3)18-5-4-12-23-18/h4-9,12,14-15,21H,10-11,13H2,1-3H3,(H,20,22)/t15-/m0/s1. The van der Waals surface area contributed by atoms with Gasteiger partial charge in [-0.05, 0) is 42.5 Å². The molecule has 2 N–H and O–H groups in total. The molecule has 1 atom stereocenters. The summed E-state index contributed by atoms with van der Waals surface area (Å²) in [6.07, 6.45) is 2.48. The highest BCUT2D eigenvalue weighted by atomic mass is 16.3. The van der Waals surface area contributed by atoms with E-state index in [4.69, 9.17) is 4.42 Å². The molecule has 4 nitrogen and oxygen atoms in total. The molecular weight excluding hydrogens is 288 g/mol.